The molecular weight excluding hydrogens is 378 g/mol. The van der Waals surface area contributed by atoms with E-state index in [4.69, 9.17) is 4.74 Å². The fourth-order valence-corrected chi connectivity index (χ4v) is 3.30. The van der Waals surface area contributed by atoms with Crippen molar-refractivity contribution in [1.82, 2.24) is 4.90 Å². The molecule has 0 fully saturated rings. The van der Waals surface area contributed by atoms with Crippen molar-refractivity contribution in [3.05, 3.63) is 77.0 Å². The number of fused-ring (bicyclic) bond motifs is 1. The topological polar surface area (TPSA) is 82.4 Å². The minimum absolute atomic E-state index is 0.0106. The van der Waals surface area contributed by atoms with E-state index in [0.29, 0.717) is 18.8 Å². The summed E-state index contributed by atoms with van der Waals surface area (Å²) in [6.07, 6.45) is 4.15. The Labute approximate surface area is 176 Å². The van der Waals surface area contributed by atoms with Crippen LogP contribution in [0, 0.1) is 11.3 Å². The quantitative estimate of drug-likeness (QED) is 0.326. The molecule has 30 heavy (non-hydrogen) atoms. The monoisotopic (exact) mass is 403 g/mol. The number of benzene rings is 2. The molecule has 6 nitrogen and oxygen atoms in total. The summed E-state index contributed by atoms with van der Waals surface area (Å²) in [7, 11) is 0. The predicted molar refractivity (Wildman–Crippen MR) is 115 cm³/mol. The van der Waals surface area contributed by atoms with Crippen LogP contribution >= 0.6 is 0 Å². The number of rotatable bonds is 7. The van der Waals surface area contributed by atoms with Gasteiger partial charge in [-0.05, 0) is 36.1 Å². The largest absolute Gasteiger partial charge is 0.462 e. The van der Waals surface area contributed by atoms with Crippen LogP contribution in [0.25, 0.3) is 0 Å². The standard InChI is InChI=1S/C24H25N3O3/c1-2-3-14-30-24(29)21-10-6-7-11-22(21)26-23(28)20(15-25)17-27-13-12-18-8-4-5-9-19(18)16-27/h4-11,17H,2-3,12-14,16H2,1H3,(H,26,28)/b20-17-. The molecule has 0 aliphatic carbocycles. The van der Waals surface area contributed by atoms with Gasteiger partial charge in [-0.2, -0.15) is 5.26 Å². The second-order valence-electron chi connectivity index (χ2n) is 7.13. The Hall–Kier alpha value is -3.59. The fourth-order valence-electron chi connectivity index (χ4n) is 3.30. The SMILES string of the molecule is CCCCOC(=O)c1ccccc1NC(=O)/C(C#N)=C\N1CCc2ccccc2C1. The Morgan fingerprint density at radius 1 is 1.17 bits per heavy atom. The van der Waals surface area contributed by atoms with Crippen molar-refractivity contribution in [2.75, 3.05) is 18.5 Å². The number of nitrogens with one attached hydrogen (secondary N) is 1. The third kappa shape index (κ3) is 5.26. The number of nitriles is 1. The highest BCUT2D eigenvalue weighted by molar-refractivity contribution is 6.09. The van der Waals surface area contributed by atoms with Gasteiger partial charge in [-0.15, -0.1) is 0 Å². The first-order chi connectivity index (χ1) is 14.6. The lowest BCUT2D eigenvalue weighted by molar-refractivity contribution is -0.112. The Balaban J connectivity index is 1.71. The Bertz CT molecular complexity index is 991. The number of hydrogen-bond acceptors (Lipinski definition) is 5. The summed E-state index contributed by atoms with van der Waals surface area (Å²) in [5.74, 6) is -1.04. The lowest BCUT2D eigenvalue weighted by Gasteiger charge is -2.27. The highest BCUT2D eigenvalue weighted by Crippen LogP contribution is 2.20. The van der Waals surface area contributed by atoms with Crippen LogP contribution in [0.3, 0.4) is 0 Å². The summed E-state index contributed by atoms with van der Waals surface area (Å²) in [6, 6.07) is 16.8. The third-order valence-corrected chi connectivity index (χ3v) is 4.96. The molecule has 1 aliphatic heterocycles. The highest BCUT2D eigenvalue weighted by atomic mass is 16.5. The Kier molecular flexibility index (Phi) is 7.23. The van der Waals surface area contributed by atoms with E-state index in [1.54, 1.807) is 30.5 Å². The van der Waals surface area contributed by atoms with Crippen LogP contribution in [0.2, 0.25) is 0 Å². The summed E-state index contributed by atoms with van der Waals surface area (Å²) in [6.45, 7) is 3.72. The minimum Gasteiger partial charge on any atom is -0.462 e. The summed E-state index contributed by atoms with van der Waals surface area (Å²) >= 11 is 0. The van der Waals surface area contributed by atoms with Gasteiger partial charge in [-0.1, -0.05) is 49.7 Å². The lowest BCUT2D eigenvalue weighted by Crippen LogP contribution is -2.27. The first-order valence-electron chi connectivity index (χ1n) is 10.1. The van der Waals surface area contributed by atoms with Crippen molar-refractivity contribution in [2.24, 2.45) is 0 Å². The van der Waals surface area contributed by atoms with Crippen molar-refractivity contribution in [1.29, 1.82) is 5.26 Å². The Morgan fingerprint density at radius 3 is 2.67 bits per heavy atom. The zero-order chi connectivity index (χ0) is 21.3. The molecule has 154 valence electrons. The average Bonchev–Trinajstić information content (AvgIpc) is 2.77. The second kappa shape index (κ2) is 10.3. The highest BCUT2D eigenvalue weighted by Gasteiger charge is 2.19. The number of ether oxygens (including phenoxy) is 1. The molecule has 0 bridgehead atoms. The van der Waals surface area contributed by atoms with Gasteiger partial charge in [0.2, 0.25) is 0 Å². The number of amides is 1. The van der Waals surface area contributed by atoms with Crippen LogP contribution in [0.5, 0.6) is 0 Å². The normalized spacial score (nSPS) is 13.2. The number of anilines is 1. The van der Waals surface area contributed by atoms with E-state index in [1.807, 2.05) is 30.0 Å². The molecule has 0 saturated carbocycles. The van der Waals surface area contributed by atoms with Crippen LogP contribution in [0.4, 0.5) is 5.69 Å². The van der Waals surface area contributed by atoms with Crippen molar-refractivity contribution in [3.63, 3.8) is 0 Å². The molecule has 1 N–H and O–H groups in total. The van der Waals surface area contributed by atoms with Crippen molar-refractivity contribution in [2.45, 2.75) is 32.7 Å². The van der Waals surface area contributed by atoms with E-state index in [1.165, 1.54) is 11.1 Å². The van der Waals surface area contributed by atoms with Crippen molar-refractivity contribution < 1.29 is 14.3 Å². The smallest absolute Gasteiger partial charge is 0.340 e. The van der Waals surface area contributed by atoms with Gasteiger partial charge in [0.15, 0.2) is 0 Å². The molecule has 6 heteroatoms. The first kappa shape index (κ1) is 21.1. The van der Waals surface area contributed by atoms with Gasteiger partial charge in [0.05, 0.1) is 17.9 Å². The van der Waals surface area contributed by atoms with Crippen molar-refractivity contribution >= 4 is 17.6 Å². The van der Waals surface area contributed by atoms with Gasteiger partial charge in [-0.3, -0.25) is 4.79 Å². The van der Waals surface area contributed by atoms with Gasteiger partial charge >= 0.3 is 5.97 Å². The van der Waals surface area contributed by atoms with Gasteiger partial charge in [0.1, 0.15) is 11.6 Å². The summed E-state index contributed by atoms with van der Waals surface area (Å²) in [4.78, 5) is 27.0. The number of carbonyl (C=O) groups is 2. The number of nitrogens with zero attached hydrogens (tertiary/aromatic N) is 2. The predicted octanol–water partition coefficient (Wildman–Crippen LogP) is 4.05. The van der Waals surface area contributed by atoms with Crippen LogP contribution in [-0.4, -0.2) is 29.9 Å². The van der Waals surface area contributed by atoms with E-state index in [0.717, 1.165) is 25.8 Å². The number of para-hydroxylation sites is 1. The summed E-state index contributed by atoms with van der Waals surface area (Å²) in [5, 5.41) is 12.2. The molecule has 2 aromatic rings. The lowest BCUT2D eigenvalue weighted by atomic mass is 10.00. The molecule has 1 amide bonds. The summed E-state index contributed by atoms with van der Waals surface area (Å²) in [5.41, 5.74) is 3.07. The molecule has 0 aromatic heterocycles. The van der Waals surface area contributed by atoms with Gasteiger partial charge in [0.25, 0.3) is 5.91 Å². The van der Waals surface area contributed by atoms with E-state index in [2.05, 4.69) is 17.4 Å². The molecule has 0 unspecified atom stereocenters. The number of esters is 1. The maximum atomic E-state index is 12.7. The van der Waals surface area contributed by atoms with Crippen LogP contribution in [0.15, 0.2) is 60.3 Å². The fraction of sp³-hybridized carbons (Fsp3) is 0.292. The summed E-state index contributed by atoms with van der Waals surface area (Å²) < 4.78 is 5.25. The zero-order valence-corrected chi connectivity index (χ0v) is 17.1. The number of unbranched alkanes of at least 4 members (excludes halogenated alkanes) is 1. The molecule has 1 heterocycles. The number of carbonyl (C=O) groups excluding carboxylic acids is 2. The molecule has 1 aliphatic rings. The van der Waals surface area contributed by atoms with Gasteiger partial charge < -0.3 is 15.0 Å². The maximum Gasteiger partial charge on any atom is 0.340 e. The van der Waals surface area contributed by atoms with Crippen LogP contribution in [0.1, 0.15) is 41.3 Å². The van der Waals surface area contributed by atoms with Gasteiger partial charge in [0, 0.05) is 19.3 Å². The maximum absolute atomic E-state index is 12.7. The van der Waals surface area contributed by atoms with E-state index in [9.17, 15) is 14.9 Å². The molecular formula is C24H25N3O3. The molecule has 0 radical (unpaired) electrons. The third-order valence-electron chi connectivity index (χ3n) is 4.96. The van der Waals surface area contributed by atoms with Gasteiger partial charge in [-0.25, -0.2) is 4.79 Å². The molecule has 3 rings (SSSR count). The molecule has 2 aromatic carbocycles. The first-order valence-corrected chi connectivity index (χ1v) is 10.1. The van der Waals surface area contributed by atoms with Crippen LogP contribution in [-0.2, 0) is 22.5 Å². The Morgan fingerprint density at radius 2 is 1.90 bits per heavy atom. The molecule has 0 spiro atoms. The zero-order valence-electron chi connectivity index (χ0n) is 17.1. The van der Waals surface area contributed by atoms with E-state index in [-0.39, 0.29) is 11.1 Å². The van der Waals surface area contributed by atoms with E-state index >= 15 is 0 Å². The second-order valence-corrected chi connectivity index (χ2v) is 7.13. The van der Waals surface area contributed by atoms with E-state index < -0.39 is 11.9 Å². The average molecular weight is 403 g/mol. The minimum atomic E-state index is -0.551. The van der Waals surface area contributed by atoms with Crippen LogP contribution < -0.4 is 5.32 Å². The van der Waals surface area contributed by atoms with Crippen molar-refractivity contribution in [3.8, 4) is 6.07 Å². The molecule has 0 atom stereocenters. The molecule has 0 saturated heterocycles. The number of hydrogen-bond donors (Lipinski definition) is 1.